The Bertz CT molecular complexity index is 591. The Morgan fingerprint density at radius 1 is 1.37 bits per heavy atom. The molecule has 0 saturated carbocycles. The van der Waals surface area contributed by atoms with Gasteiger partial charge < -0.3 is 14.6 Å². The van der Waals surface area contributed by atoms with Crippen LogP contribution in [0, 0.1) is 0 Å². The van der Waals surface area contributed by atoms with Crippen LogP contribution in [0.3, 0.4) is 0 Å². The highest BCUT2D eigenvalue weighted by molar-refractivity contribution is 6.28. The van der Waals surface area contributed by atoms with E-state index in [4.69, 9.17) is 11.6 Å². The van der Waals surface area contributed by atoms with E-state index in [-0.39, 0.29) is 5.28 Å². The number of rotatable bonds is 3. The number of hydrogen-bond donors (Lipinski definition) is 1. The summed E-state index contributed by atoms with van der Waals surface area (Å²) in [6.45, 7) is 4.14. The molecule has 1 fully saturated rings. The molecule has 0 spiro atoms. The number of hydrogen-bond acceptors (Lipinski definition) is 5. The van der Waals surface area contributed by atoms with E-state index in [1.807, 2.05) is 4.57 Å². The fourth-order valence-electron chi connectivity index (χ4n) is 2.47. The first-order valence-corrected chi connectivity index (χ1v) is 6.84. The van der Waals surface area contributed by atoms with Crippen molar-refractivity contribution < 1.29 is 5.11 Å². The Morgan fingerprint density at radius 3 is 2.79 bits per heavy atom. The van der Waals surface area contributed by atoms with Gasteiger partial charge in [-0.15, -0.1) is 0 Å². The SMILES string of the molecule is C[C@H](O)Cn1cnc2c(N3CCCC3)nc(Cl)nc21. The number of aliphatic hydroxyl groups is 1. The summed E-state index contributed by atoms with van der Waals surface area (Å²) in [6, 6.07) is 0. The summed E-state index contributed by atoms with van der Waals surface area (Å²) in [6.07, 6.45) is 3.55. The molecule has 19 heavy (non-hydrogen) atoms. The molecular weight excluding hydrogens is 266 g/mol. The number of fused-ring (bicyclic) bond motifs is 1. The molecule has 3 rings (SSSR count). The summed E-state index contributed by atoms with van der Waals surface area (Å²) in [4.78, 5) is 15.1. The molecule has 0 radical (unpaired) electrons. The third-order valence-electron chi connectivity index (χ3n) is 3.28. The van der Waals surface area contributed by atoms with E-state index in [9.17, 15) is 5.11 Å². The number of aliphatic hydroxyl groups excluding tert-OH is 1. The predicted octanol–water partition coefficient (Wildman–Crippen LogP) is 1.46. The molecule has 2 aromatic heterocycles. The van der Waals surface area contributed by atoms with Crippen molar-refractivity contribution >= 4 is 28.6 Å². The van der Waals surface area contributed by atoms with Gasteiger partial charge in [0.2, 0.25) is 5.28 Å². The molecule has 0 amide bonds. The topological polar surface area (TPSA) is 67.1 Å². The summed E-state index contributed by atoms with van der Waals surface area (Å²) in [5.41, 5.74) is 1.44. The Morgan fingerprint density at radius 2 is 2.11 bits per heavy atom. The summed E-state index contributed by atoms with van der Waals surface area (Å²) in [5.74, 6) is 0.803. The van der Waals surface area contributed by atoms with Gasteiger partial charge in [-0.25, -0.2) is 4.98 Å². The Balaban J connectivity index is 2.09. The van der Waals surface area contributed by atoms with E-state index >= 15 is 0 Å². The second kappa shape index (κ2) is 4.94. The van der Waals surface area contributed by atoms with E-state index in [0.717, 1.165) is 37.3 Å². The largest absolute Gasteiger partial charge is 0.392 e. The molecule has 102 valence electrons. The zero-order valence-electron chi connectivity index (χ0n) is 10.8. The van der Waals surface area contributed by atoms with E-state index < -0.39 is 6.10 Å². The Kier molecular flexibility index (Phi) is 3.28. The first-order valence-electron chi connectivity index (χ1n) is 6.46. The lowest BCUT2D eigenvalue weighted by Crippen LogP contribution is -2.20. The van der Waals surface area contributed by atoms with Gasteiger partial charge in [0.05, 0.1) is 19.0 Å². The minimum atomic E-state index is -0.457. The lowest BCUT2D eigenvalue weighted by atomic mass is 10.4. The summed E-state index contributed by atoms with van der Waals surface area (Å²) in [5, 5.41) is 9.72. The number of imidazole rings is 1. The molecule has 1 atom stereocenters. The molecular formula is C12H16ClN5O. The highest BCUT2D eigenvalue weighted by atomic mass is 35.5. The van der Waals surface area contributed by atoms with Crippen LogP contribution >= 0.6 is 11.6 Å². The van der Waals surface area contributed by atoms with Gasteiger partial charge in [0, 0.05) is 13.1 Å². The van der Waals surface area contributed by atoms with Gasteiger partial charge in [0.25, 0.3) is 0 Å². The number of anilines is 1. The number of nitrogens with zero attached hydrogens (tertiary/aromatic N) is 5. The van der Waals surface area contributed by atoms with Crippen molar-refractivity contribution in [3.05, 3.63) is 11.6 Å². The van der Waals surface area contributed by atoms with E-state index in [1.165, 1.54) is 0 Å². The summed E-state index contributed by atoms with van der Waals surface area (Å²) >= 11 is 6.02. The van der Waals surface area contributed by atoms with E-state index in [0.29, 0.717) is 12.2 Å². The zero-order valence-corrected chi connectivity index (χ0v) is 11.5. The van der Waals surface area contributed by atoms with Crippen LogP contribution < -0.4 is 4.90 Å². The Hall–Kier alpha value is -1.40. The highest BCUT2D eigenvalue weighted by Gasteiger charge is 2.20. The third-order valence-corrected chi connectivity index (χ3v) is 3.45. The highest BCUT2D eigenvalue weighted by Crippen LogP contribution is 2.27. The van der Waals surface area contributed by atoms with Crippen molar-refractivity contribution in [3.8, 4) is 0 Å². The quantitative estimate of drug-likeness (QED) is 0.863. The van der Waals surface area contributed by atoms with Crippen molar-refractivity contribution in [3.63, 3.8) is 0 Å². The van der Waals surface area contributed by atoms with Crippen molar-refractivity contribution in [2.75, 3.05) is 18.0 Å². The lowest BCUT2D eigenvalue weighted by Gasteiger charge is -2.16. The van der Waals surface area contributed by atoms with Crippen LogP contribution in [0.25, 0.3) is 11.2 Å². The number of aromatic nitrogens is 4. The molecule has 0 aliphatic carbocycles. The fraction of sp³-hybridized carbons (Fsp3) is 0.583. The summed E-state index contributed by atoms with van der Waals surface area (Å²) in [7, 11) is 0. The molecule has 0 unspecified atom stereocenters. The zero-order chi connectivity index (χ0) is 13.4. The molecule has 1 aliphatic rings. The van der Waals surface area contributed by atoms with Gasteiger partial charge >= 0.3 is 0 Å². The number of halogens is 1. The molecule has 2 aromatic rings. The first-order chi connectivity index (χ1) is 9.15. The van der Waals surface area contributed by atoms with Crippen molar-refractivity contribution in [2.45, 2.75) is 32.4 Å². The lowest BCUT2D eigenvalue weighted by molar-refractivity contribution is 0.175. The molecule has 6 nitrogen and oxygen atoms in total. The minimum Gasteiger partial charge on any atom is -0.392 e. The van der Waals surface area contributed by atoms with E-state index in [2.05, 4.69) is 19.9 Å². The maximum Gasteiger partial charge on any atom is 0.226 e. The van der Waals surface area contributed by atoms with Gasteiger partial charge in [-0.1, -0.05) is 0 Å². The normalized spacial score (nSPS) is 17.3. The average Bonchev–Trinajstić information content (AvgIpc) is 2.98. The van der Waals surface area contributed by atoms with Crippen molar-refractivity contribution in [1.82, 2.24) is 19.5 Å². The average molecular weight is 282 g/mol. The van der Waals surface area contributed by atoms with Crippen LogP contribution in [0.1, 0.15) is 19.8 Å². The molecule has 0 aromatic carbocycles. The first kappa shape index (κ1) is 12.6. The second-order valence-electron chi connectivity index (χ2n) is 4.93. The predicted molar refractivity (Wildman–Crippen MR) is 73.5 cm³/mol. The van der Waals surface area contributed by atoms with Gasteiger partial charge in [0.15, 0.2) is 17.0 Å². The fourth-order valence-corrected chi connectivity index (χ4v) is 2.63. The summed E-state index contributed by atoms with van der Waals surface area (Å²) < 4.78 is 1.81. The molecule has 7 heteroatoms. The van der Waals surface area contributed by atoms with Crippen LogP contribution in [0.5, 0.6) is 0 Å². The van der Waals surface area contributed by atoms with Crippen LogP contribution in [0.4, 0.5) is 5.82 Å². The Labute approximate surface area is 116 Å². The van der Waals surface area contributed by atoms with Crippen molar-refractivity contribution in [1.29, 1.82) is 0 Å². The van der Waals surface area contributed by atoms with Crippen LogP contribution in [0.2, 0.25) is 5.28 Å². The minimum absolute atomic E-state index is 0.224. The van der Waals surface area contributed by atoms with Gasteiger partial charge in [-0.05, 0) is 31.4 Å². The standard InChI is InChI=1S/C12H16ClN5O/c1-8(19)6-18-7-14-9-10(17-4-2-3-5-17)15-12(13)16-11(9)18/h7-8,19H,2-6H2,1H3/t8-/m0/s1. The van der Waals surface area contributed by atoms with E-state index in [1.54, 1.807) is 13.3 Å². The van der Waals surface area contributed by atoms with Crippen LogP contribution in [-0.4, -0.2) is 43.8 Å². The van der Waals surface area contributed by atoms with Gasteiger partial charge in [-0.3, -0.25) is 0 Å². The second-order valence-corrected chi connectivity index (χ2v) is 5.27. The maximum absolute atomic E-state index is 9.50. The smallest absolute Gasteiger partial charge is 0.226 e. The molecule has 1 N–H and O–H groups in total. The van der Waals surface area contributed by atoms with Crippen LogP contribution in [0.15, 0.2) is 6.33 Å². The van der Waals surface area contributed by atoms with Crippen molar-refractivity contribution in [2.24, 2.45) is 0 Å². The van der Waals surface area contributed by atoms with Crippen LogP contribution in [-0.2, 0) is 6.54 Å². The maximum atomic E-state index is 9.50. The monoisotopic (exact) mass is 281 g/mol. The van der Waals surface area contributed by atoms with Gasteiger partial charge in [0.1, 0.15) is 0 Å². The molecule has 0 bridgehead atoms. The van der Waals surface area contributed by atoms with Gasteiger partial charge in [-0.2, -0.15) is 9.97 Å². The third kappa shape index (κ3) is 2.37. The molecule has 1 saturated heterocycles. The molecule has 3 heterocycles. The molecule has 1 aliphatic heterocycles.